The van der Waals surface area contributed by atoms with Crippen molar-refractivity contribution in [3.63, 3.8) is 0 Å². The van der Waals surface area contributed by atoms with Crippen LogP contribution >= 0.6 is 0 Å². The van der Waals surface area contributed by atoms with Crippen molar-refractivity contribution >= 4 is 5.91 Å². The molecule has 0 aliphatic carbocycles. The van der Waals surface area contributed by atoms with E-state index in [9.17, 15) is 4.79 Å². The van der Waals surface area contributed by atoms with Crippen LogP contribution in [0, 0.1) is 11.8 Å². The zero-order valence-electron chi connectivity index (χ0n) is 13.5. The molecule has 4 heteroatoms. The molecule has 2 aliphatic heterocycles. The topological polar surface area (TPSA) is 41.6 Å². The van der Waals surface area contributed by atoms with Crippen LogP contribution in [-0.2, 0) is 4.79 Å². The molecule has 3 atom stereocenters. The first-order valence-corrected chi connectivity index (χ1v) is 8.32. The van der Waals surface area contributed by atoms with Gasteiger partial charge in [0.15, 0.2) is 0 Å². The molecular formula is C18H26N2O2. The number of hydrogen-bond donors (Lipinski definition) is 1. The number of methoxy groups -OCH3 is 1. The summed E-state index contributed by atoms with van der Waals surface area (Å²) in [5, 5.41) is 3.48. The predicted molar refractivity (Wildman–Crippen MR) is 87.1 cm³/mol. The van der Waals surface area contributed by atoms with Crippen LogP contribution in [0.4, 0.5) is 0 Å². The molecule has 0 spiro atoms. The Hall–Kier alpha value is -1.55. The fourth-order valence-corrected chi connectivity index (χ4v) is 3.75. The molecule has 4 nitrogen and oxygen atoms in total. The Morgan fingerprint density at radius 1 is 1.18 bits per heavy atom. The van der Waals surface area contributed by atoms with Gasteiger partial charge in [0.25, 0.3) is 0 Å². The molecule has 1 amide bonds. The molecule has 120 valence electrons. The molecule has 1 aromatic rings. The van der Waals surface area contributed by atoms with Crippen molar-refractivity contribution in [1.82, 2.24) is 10.2 Å². The fourth-order valence-electron chi connectivity index (χ4n) is 3.75. The quantitative estimate of drug-likeness (QED) is 0.931. The van der Waals surface area contributed by atoms with Gasteiger partial charge < -0.3 is 15.0 Å². The van der Waals surface area contributed by atoms with E-state index >= 15 is 0 Å². The van der Waals surface area contributed by atoms with Gasteiger partial charge in [-0.2, -0.15) is 0 Å². The minimum atomic E-state index is -0.0815. The van der Waals surface area contributed by atoms with Crippen molar-refractivity contribution in [2.24, 2.45) is 11.8 Å². The highest BCUT2D eigenvalue weighted by Crippen LogP contribution is 2.29. The molecule has 1 aromatic carbocycles. The van der Waals surface area contributed by atoms with Gasteiger partial charge in [0.2, 0.25) is 5.91 Å². The number of ether oxygens (including phenoxy) is 1. The molecule has 0 bridgehead atoms. The van der Waals surface area contributed by atoms with E-state index in [-0.39, 0.29) is 11.8 Å². The van der Waals surface area contributed by atoms with Crippen molar-refractivity contribution in [2.45, 2.75) is 25.7 Å². The second-order valence-electron chi connectivity index (χ2n) is 6.58. The number of carbonyl (C=O) groups excluding carboxylic acids is 1. The van der Waals surface area contributed by atoms with Gasteiger partial charge in [0.1, 0.15) is 5.75 Å². The highest BCUT2D eigenvalue weighted by Gasteiger charge is 2.32. The lowest BCUT2D eigenvalue weighted by atomic mass is 9.92. The van der Waals surface area contributed by atoms with Crippen LogP contribution < -0.4 is 10.1 Å². The SMILES string of the molecule is COc1ccc(C(C)C(=O)N2CC[C@@H]3CNC[C@@H]3CC2)cc1. The highest BCUT2D eigenvalue weighted by atomic mass is 16.5. The van der Waals surface area contributed by atoms with Crippen LogP contribution in [0.25, 0.3) is 0 Å². The summed E-state index contributed by atoms with van der Waals surface area (Å²) in [7, 11) is 1.66. The van der Waals surface area contributed by atoms with Gasteiger partial charge in [-0.3, -0.25) is 4.79 Å². The minimum absolute atomic E-state index is 0.0815. The first kappa shape index (κ1) is 15.3. The number of nitrogens with one attached hydrogen (secondary N) is 1. The van der Waals surface area contributed by atoms with Crippen LogP contribution in [-0.4, -0.2) is 44.1 Å². The van der Waals surface area contributed by atoms with Gasteiger partial charge in [-0.05, 0) is 62.4 Å². The molecule has 0 saturated carbocycles. The van der Waals surface area contributed by atoms with E-state index in [1.807, 2.05) is 31.2 Å². The number of amides is 1. The summed E-state index contributed by atoms with van der Waals surface area (Å²) in [6.07, 6.45) is 2.28. The second-order valence-corrected chi connectivity index (χ2v) is 6.58. The van der Waals surface area contributed by atoms with E-state index in [1.165, 1.54) is 0 Å². The Labute approximate surface area is 132 Å². The molecule has 2 fully saturated rings. The second kappa shape index (κ2) is 6.69. The lowest BCUT2D eigenvalue weighted by Crippen LogP contribution is -2.35. The summed E-state index contributed by atoms with van der Waals surface area (Å²) >= 11 is 0. The van der Waals surface area contributed by atoms with Gasteiger partial charge in [-0.15, -0.1) is 0 Å². The standard InChI is InChI=1S/C18H26N2O2/c1-13(14-3-5-17(22-2)6-4-14)18(21)20-9-7-15-11-19-12-16(15)8-10-20/h3-6,13,15-16,19H,7-12H2,1-2H3/t13?,15-,16+. The number of rotatable bonds is 3. The molecule has 2 saturated heterocycles. The minimum Gasteiger partial charge on any atom is -0.497 e. The smallest absolute Gasteiger partial charge is 0.229 e. The molecule has 22 heavy (non-hydrogen) atoms. The van der Waals surface area contributed by atoms with Gasteiger partial charge in [0.05, 0.1) is 13.0 Å². The zero-order valence-corrected chi connectivity index (χ0v) is 13.5. The Morgan fingerprint density at radius 3 is 2.32 bits per heavy atom. The lowest BCUT2D eigenvalue weighted by molar-refractivity contribution is -0.132. The van der Waals surface area contributed by atoms with Crippen molar-refractivity contribution in [2.75, 3.05) is 33.3 Å². The summed E-state index contributed by atoms with van der Waals surface area (Å²) in [6, 6.07) is 7.85. The molecule has 2 aliphatic rings. The molecule has 1 N–H and O–H groups in total. The van der Waals surface area contributed by atoms with E-state index in [0.717, 1.165) is 62.2 Å². The van der Waals surface area contributed by atoms with Gasteiger partial charge in [-0.1, -0.05) is 12.1 Å². The number of benzene rings is 1. The Morgan fingerprint density at radius 2 is 1.77 bits per heavy atom. The third-order valence-corrected chi connectivity index (χ3v) is 5.32. The maximum absolute atomic E-state index is 12.8. The van der Waals surface area contributed by atoms with Crippen LogP contribution in [0.1, 0.15) is 31.2 Å². The fraction of sp³-hybridized carbons (Fsp3) is 0.611. The number of hydrogen-bond acceptors (Lipinski definition) is 3. The first-order valence-electron chi connectivity index (χ1n) is 8.32. The normalized spacial score (nSPS) is 26.2. The summed E-state index contributed by atoms with van der Waals surface area (Å²) in [5.74, 6) is 2.53. The predicted octanol–water partition coefficient (Wildman–Crippen LogP) is 2.26. The summed E-state index contributed by atoms with van der Waals surface area (Å²) < 4.78 is 5.18. The molecule has 0 radical (unpaired) electrons. The summed E-state index contributed by atoms with van der Waals surface area (Å²) in [5.41, 5.74) is 1.07. The number of carbonyl (C=O) groups is 1. The Kier molecular flexibility index (Phi) is 4.67. The maximum atomic E-state index is 12.8. The molecule has 2 heterocycles. The van der Waals surface area contributed by atoms with E-state index in [4.69, 9.17) is 4.74 Å². The molecular weight excluding hydrogens is 276 g/mol. The van der Waals surface area contributed by atoms with Crippen molar-refractivity contribution in [3.05, 3.63) is 29.8 Å². The van der Waals surface area contributed by atoms with Gasteiger partial charge in [0, 0.05) is 13.1 Å². The van der Waals surface area contributed by atoms with E-state index < -0.39 is 0 Å². The van der Waals surface area contributed by atoms with Gasteiger partial charge >= 0.3 is 0 Å². The lowest BCUT2D eigenvalue weighted by Gasteiger charge is -2.25. The van der Waals surface area contributed by atoms with Crippen LogP contribution in [0.3, 0.4) is 0 Å². The van der Waals surface area contributed by atoms with Crippen LogP contribution in [0.2, 0.25) is 0 Å². The average molecular weight is 302 g/mol. The molecule has 3 rings (SSSR count). The average Bonchev–Trinajstić information content (AvgIpc) is 2.92. The Bertz CT molecular complexity index is 500. The number of nitrogens with zero attached hydrogens (tertiary/aromatic N) is 1. The third-order valence-electron chi connectivity index (χ3n) is 5.32. The largest absolute Gasteiger partial charge is 0.497 e. The summed E-state index contributed by atoms with van der Waals surface area (Å²) in [4.78, 5) is 14.9. The van der Waals surface area contributed by atoms with Crippen molar-refractivity contribution in [1.29, 1.82) is 0 Å². The van der Waals surface area contributed by atoms with E-state index in [2.05, 4.69) is 10.2 Å². The maximum Gasteiger partial charge on any atom is 0.229 e. The monoisotopic (exact) mass is 302 g/mol. The van der Waals surface area contributed by atoms with Crippen molar-refractivity contribution < 1.29 is 9.53 Å². The van der Waals surface area contributed by atoms with Crippen molar-refractivity contribution in [3.8, 4) is 5.75 Å². The molecule has 0 aromatic heterocycles. The number of likely N-dealkylation sites (tertiary alicyclic amines) is 1. The van der Waals surface area contributed by atoms with Crippen LogP contribution in [0.5, 0.6) is 5.75 Å². The van der Waals surface area contributed by atoms with Crippen LogP contribution in [0.15, 0.2) is 24.3 Å². The first-order chi connectivity index (χ1) is 10.7. The van der Waals surface area contributed by atoms with Gasteiger partial charge in [-0.25, -0.2) is 0 Å². The van der Waals surface area contributed by atoms with E-state index in [0.29, 0.717) is 0 Å². The van der Waals surface area contributed by atoms with E-state index in [1.54, 1.807) is 7.11 Å². The highest BCUT2D eigenvalue weighted by molar-refractivity contribution is 5.83. The number of fused-ring (bicyclic) bond motifs is 1. The third kappa shape index (κ3) is 3.12. The summed E-state index contributed by atoms with van der Waals surface area (Å²) in [6.45, 7) is 6.07. The Balaban J connectivity index is 1.64. The zero-order chi connectivity index (χ0) is 15.5. The molecule has 1 unspecified atom stereocenters.